The van der Waals surface area contributed by atoms with Crippen LogP contribution < -0.4 is 0 Å². The quantitative estimate of drug-likeness (QED) is 0.729. The van der Waals surface area contributed by atoms with Crippen molar-refractivity contribution in [1.82, 2.24) is 9.97 Å². The molecule has 0 radical (unpaired) electrons. The number of nitrogens with zero attached hydrogens (tertiary/aromatic N) is 2. The van der Waals surface area contributed by atoms with E-state index in [9.17, 15) is 8.78 Å². The van der Waals surface area contributed by atoms with Gasteiger partial charge in [0.2, 0.25) is 0 Å². The Hall–Kier alpha value is -1.10. The van der Waals surface area contributed by atoms with Crippen LogP contribution in [0.25, 0.3) is 0 Å². The fraction of sp³-hybridized carbons (Fsp3) is 0.429. The third-order valence-electron chi connectivity index (χ3n) is 1.51. The minimum atomic E-state index is -2.80. The predicted molar refractivity (Wildman–Crippen MR) is 37.7 cm³/mol. The van der Waals surface area contributed by atoms with Crippen molar-refractivity contribution in [3.05, 3.63) is 23.8 Å². The normalized spacial score (nSPS) is 13.4. The number of halogens is 2. The van der Waals surface area contributed by atoms with E-state index in [0.29, 0.717) is 5.69 Å². The number of alkyl halides is 2. The lowest BCUT2D eigenvalue weighted by Gasteiger charge is -2.10. The molecular weight excluding hydrogens is 166 g/mol. The molecule has 1 aromatic rings. The second-order valence-corrected chi connectivity index (χ2v) is 2.34. The van der Waals surface area contributed by atoms with Gasteiger partial charge in [-0.1, -0.05) is 0 Å². The smallest absolute Gasteiger partial charge is 0.268 e. The molecule has 0 aliphatic carbocycles. The molecule has 5 heteroatoms. The van der Waals surface area contributed by atoms with Crippen molar-refractivity contribution in [1.29, 1.82) is 0 Å². The van der Waals surface area contributed by atoms with E-state index in [-0.39, 0.29) is 5.56 Å². The Balaban J connectivity index is 2.94. The lowest BCUT2D eigenvalue weighted by Crippen LogP contribution is -2.10. The zero-order chi connectivity index (χ0) is 9.14. The Morgan fingerprint density at radius 3 is 2.67 bits per heavy atom. The molecule has 1 N–H and O–H groups in total. The van der Waals surface area contributed by atoms with E-state index in [1.165, 1.54) is 12.5 Å². The highest BCUT2D eigenvalue weighted by Crippen LogP contribution is 2.20. The van der Waals surface area contributed by atoms with Crippen LogP contribution in [-0.4, -0.2) is 21.5 Å². The highest BCUT2D eigenvalue weighted by molar-refractivity contribution is 5.17. The van der Waals surface area contributed by atoms with Gasteiger partial charge in [0.25, 0.3) is 6.43 Å². The van der Waals surface area contributed by atoms with Crippen LogP contribution in [0.2, 0.25) is 0 Å². The molecule has 1 atom stereocenters. The Kier molecular flexibility index (Phi) is 2.65. The molecule has 0 spiro atoms. The molecule has 0 bridgehead atoms. The van der Waals surface area contributed by atoms with E-state index in [1.54, 1.807) is 6.92 Å². The zero-order valence-corrected chi connectivity index (χ0v) is 6.41. The van der Waals surface area contributed by atoms with Crippen LogP contribution in [0.5, 0.6) is 0 Å². The van der Waals surface area contributed by atoms with Crippen LogP contribution in [0, 0.1) is 6.92 Å². The third kappa shape index (κ3) is 1.73. The first-order valence-electron chi connectivity index (χ1n) is 3.35. The first-order chi connectivity index (χ1) is 5.63. The third-order valence-corrected chi connectivity index (χ3v) is 1.51. The van der Waals surface area contributed by atoms with Gasteiger partial charge in [-0.3, -0.25) is 0 Å². The number of aryl methyl sites for hydroxylation is 1. The van der Waals surface area contributed by atoms with Crippen LogP contribution in [0.3, 0.4) is 0 Å². The van der Waals surface area contributed by atoms with E-state index >= 15 is 0 Å². The van der Waals surface area contributed by atoms with E-state index in [2.05, 4.69) is 9.97 Å². The van der Waals surface area contributed by atoms with Crippen LogP contribution in [0.4, 0.5) is 8.78 Å². The number of hydrogen-bond acceptors (Lipinski definition) is 3. The Labute approximate surface area is 68.1 Å². The summed E-state index contributed by atoms with van der Waals surface area (Å²) in [5, 5.41) is 8.95. The maximum atomic E-state index is 12.0. The number of aliphatic hydroxyl groups is 1. The number of rotatable bonds is 2. The topological polar surface area (TPSA) is 46.0 Å². The molecule has 0 aromatic carbocycles. The van der Waals surface area contributed by atoms with Crippen molar-refractivity contribution in [3.63, 3.8) is 0 Å². The fourth-order valence-corrected chi connectivity index (χ4v) is 0.828. The molecule has 0 amide bonds. The lowest BCUT2D eigenvalue weighted by atomic mass is 10.1. The van der Waals surface area contributed by atoms with Crippen molar-refractivity contribution in [2.75, 3.05) is 0 Å². The molecule has 1 heterocycles. The zero-order valence-electron chi connectivity index (χ0n) is 6.41. The molecule has 0 saturated heterocycles. The van der Waals surface area contributed by atoms with Crippen molar-refractivity contribution in [2.45, 2.75) is 19.5 Å². The molecule has 12 heavy (non-hydrogen) atoms. The van der Waals surface area contributed by atoms with Gasteiger partial charge in [0.05, 0.1) is 0 Å². The van der Waals surface area contributed by atoms with Crippen LogP contribution >= 0.6 is 0 Å². The second kappa shape index (κ2) is 3.53. The fourth-order valence-electron chi connectivity index (χ4n) is 0.828. The number of aliphatic hydroxyl groups excluding tert-OH is 1. The van der Waals surface area contributed by atoms with E-state index in [4.69, 9.17) is 5.11 Å². The summed E-state index contributed by atoms with van der Waals surface area (Å²) in [6.45, 7) is 1.54. The van der Waals surface area contributed by atoms with Gasteiger partial charge in [-0.15, -0.1) is 0 Å². The van der Waals surface area contributed by atoms with Crippen molar-refractivity contribution in [2.24, 2.45) is 0 Å². The predicted octanol–water partition coefficient (Wildman–Crippen LogP) is 1.08. The summed E-state index contributed by atoms with van der Waals surface area (Å²) in [4.78, 5) is 7.22. The summed E-state index contributed by atoms with van der Waals surface area (Å²) in [7, 11) is 0. The second-order valence-electron chi connectivity index (χ2n) is 2.34. The SMILES string of the molecule is Cc1ncncc1C(O)C(F)F. The molecule has 1 rings (SSSR count). The highest BCUT2D eigenvalue weighted by Gasteiger charge is 2.21. The Morgan fingerprint density at radius 1 is 1.50 bits per heavy atom. The largest absolute Gasteiger partial charge is 0.382 e. The van der Waals surface area contributed by atoms with Gasteiger partial charge in [-0.05, 0) is 6.92 Å². The highest BCUT2D eigenvalue weighted by atomic mass is 19.3. The average Bonchev–Trinajstić information content (AvgIpc) is 2.04. The van der Waals surface area contributed by atoms with Gasteiger partial charge >= 0.3 is 0 Å². The summed E-state index contributed by atoms with van der Waals surface area (Å²) in [6, 6.07) is 0. The molecule has 3 nitrogen and oxygen atoms in total. The number of hydrogen-bond donors (Lipinski definition) is 1. The van der Waals surface area contributed by atoms with Crippen molar-refractivity contribution < 1.29 is 13.9 Å². The molecule has 0 saturated carbocycles. The molecule has 0 aliphatic heterocycles. The van der Waals surface area contributed by atoms with E-state index in [0.717, 1.165) is 0 Å². The van der Waals surface area contributed by atoms with Gasteiger partial charge in [-0.2, -0.15) is 0 Å². The van der Waals surface area contributed by atoms with Crippen molar-refractivity contribution in [3.8, 4) is 0 Å². The summed E-state index contributed by atoms with van der Waals surface area (Å²) in [5.41, 5.74) is 0.449. The molecule has 0 fully saturated rings. The summed E-state index contributed by atoms with van der Waals surface area (Å²) in [6.07, 6.45) is -2.14. The minimum absolute atomic E-state index is 0.0764. The molecular formula is C7H8F2N2O. The standard InChI is InChI=1S/C7H8F2N2O/c1-4-5(2-10-3-11-4)6(12)7(8)9/h2-3,6-7,12H,1H3. The van der Waals surface area contributed by atoms with E-state index in [1.807, 2.05) is 0 Å². The first kappa shape index (κ1) is 8.99. The molecule has 66 valence electrons. The van der Waals surface area contributed by atoms with Crippen molar-refractivity contribution >= 4 is 0 Å². The summed E-state index contributed by atoms with van der Waals surface area (Å²) in [5.74, 6) is 0. The van der Waals surface area contributed by atoms with Crippen LogP contribution in [0.1, 0.15) is 17.4 Å². The molecule has 1 aromatic heterocycles. The van der Waals surface area contributed by atoms with Gasteiger partial charge < -0.3 is 5.11 Å². The van der Waals surface area contributed by atoms with Crippen LogP contribution in [-0.2, 0) is 0 Å². The lowest BCUT2D eigenvalue weighted by molar-refractivity contribution is -0.00655. The number of aromatic nitrogens is 2. The van der Waals surface area contributed by atoms with Crippen LogP contribution in [0.15, 0.2) is 12.5 Å². The Bertz CT molecular complexity index is 267. The summed E-state index contributed by atoms with van der Waals surface area (Å²) < 4.78 is 24.0. The minimum Gasteiger partial charge on any atom is -0.382 e. The first-order valence-corrected chi connectivity index (χ1v) is 3.35. The summed E-state index contributed by atoms with van der Waals surface area (Å²) >= 11 is 0. The average molecular weight is 174 g/mol. The maximum Gasteiger partial charge on any atom is 0.268 e. The van der Waals surface area contributed by atoms with Gasteiger partial charge in [0.1, 0.15) is 12.4 Å². The van der Waals surface area contributed by atoms with Gasteiger partial charge in [0, 0.05) is 17.5 Å². The van der Waals surface area contributed by atoms with Gasteiger partial charge in [-0.25, -0.2) is 18.7 Å². The Morgan fingerprint density at radius 2 is 2.17 bits per heavy atom. The maximum absolute atomic E-state index is 12.0. The monoisotopic (exact) mass is 174 g/mol. The van der Waals surface area contributed by atoms with Gasteiger partial charge in [0.15, 0.2) is 0 Å². The van der Waals surface area contributed by atoms with E-state index < -0.39 is 12.5 Å². The molecule has 1 unspecified atom stereocenters. The molecule has 0 aliphatic rings.